The van der Waals surface area contributed by atoms with E-state index in [2.05, 4.69) is 27.7 Å². The summed E-state index contributed by atoms with van der Waals surface area (Å²) in [7, 11) is 0. The van der Waals surface area contributed by atoms with Gasteiger partial charge < -0.3 is 17.0 Å². The van der Waals surface area contributed by atoms with E-state index in [9.17, 15) is 0 Å². The van der Waals surface area contributed by atoms with Gasteiger partial charge in [0.2, 0.25) is 0 Å². The predicted molar refractivity (Wildman–Crippen MR) is 64.8 cm³/mol. The van der Waals surface area contributed by atoms with Crippen LogP contribution in [0.15, 0.2) is 0 Å². The largest absolute Gasteiger partial charge is 1.00 e. The smallest absolute Gasteiger partial charge is 1.00 e. The van der Waals surface area contributed by atoms with Gasteiger partial charge in [0.15, 0.2) is 0 Å². The molecule has 0 saturated carbocycles. The van der Waals surface area contributed by atoms with Gasteiger partial charge in [-0.25, -0.2) is 0 Å². The SMILES string of the molecule is CCC(C)[O][Sn+]([CH2]C)[CH2]CCC(C)N.[Br-]. The van der Waals surface area contributed by atoms with Crippen molar-refractivity contribution in [3.05, 3.63) is 0 Å². The summed E-state index contributed by atoms with van der Waals surface area (Å²) in [4.78, 5) is 0. The average Bonchev–Trinajstić information content (AvgIpc) is 2.15. The topological polar surface area (TPSA) is 35.2 Å². The van der Waals surface area contributed by atoms with Gasteiger partial charge in [-0.05, 0) is 0 Å². The van der Waals surface area contributed by atoms with Crippen LogP contribution in [-0.4, -0.2) is 32.3 Å². The van der Waals surface area contributed by atoms with E-state index in [1.807, 2.05) is 0 Å². The Morgan fingerprint density at radius 1 is 1.27 bits per heavy atom. The molecule has 0 aromatic rings. The molecule has 0 aliphatic rings. The molecule has 0 amide bonds. The van der Waals surface area contributed by atoms with Gasteiger partial charge in [-0.1, -0.05) is 0 Å². The fourth-order valence-corrected chi connectivity index (χ4v) is 6.94. The van der Waals surface area contributed by atoms with Gasteiger partial charge in [0.25, 0.3) is 0 Å². The molecule has 0 radical (unpaired) electrons. The third-order valence-corrected chi connectivity index (χ3v) is 9.40. The van der Waals surface area contributed by atoms with E-state index < -0.39 is 20.2 Å². The Kier molecular flexibility index (Phi) is 14.4. The minimum absolute atomic E-state index is 0. The number of rotatable bonds is 8. The first-order chi connectivity index (χ1) is 6.60. The molecule has 0 heterocycles. The Hall–Kier alpha value is 1.20. The van der Waals surface area contributed by atoms with E-state index in [-0.39, 0.29) is 17.0 Å². The first-order valence-corrected chi connectivity index (χ1v) is 11.1. The van der Waals surface area contributed by atoms with Gasteiger partial charge in [-0.3, -0.25) is 0 Å². The van der Waals surface area contributed by atoms with Crippen LogP contribution in [0, 0.1) is 0 Å². The number of hydrogen-bond acceptors (Lipinski definition) is 2. The second kappa shape index (κ2) is 11.7. The molecule has 0 aliphatic carbocycles. The molecular formula is C11H26BrNOSn. The van der Waals surface area contributed by atoms with Crippen LogP contribution in [0.3, 0.4) is 0 Å². The van der Waals surface area contributed by atoms with Crippen LogP contribution in [0.1, 0.15) is 47.0 Å². The van der Waals surface area contributed by atoms with Crippen molar-refractivity contribution in [1.29, 1.82) is 0 Å². The third kappa shape index (κ3) is 11.5. The molecule has 0 bridgehead atoms. The summed E-state index contributed by atoms with van der Waals surface area (Å²) in [6.45, 7) is 8.76. The Morgan fingerprint density at radius 3 is 2.27 bits per heavy atom. The molecule has 0 aromatic heterocycles. The number of hydrogen-bond donors (Lipinski definition) is 1. The first kappa shape index (κ1) is 18.6. The Bertz CT molecular complexity index is 136. The van der Waals surface area contributed by atoms with Crippen LogP contribution in [0.25, 0.3) is 0 Å². The summed E-state index contributed by atoms with van der Waals surface area (Å²) in [6.07, 6.45) is 4.07. The molecule has 0 spiro atoms. The van der Waals surface area contributed by atoms with Crippen molar-refractivity contribution >= 4 is 20.2 Å². The molecule has 2 nitrogen and oxygen atoms in total. The summed E-state index contributed by atoms with van der Waals surface area (Å²) in [5.74, 6) is 0. The predicted octanol–water partition coefficient (Wildman–Crippen LogP) is -0.0557. The Labute approximate surface area is 113 Å². The van der Waals surface area contributed by atoms with Gasteiger partial charge in [-0.15, -0.1) is 0 Å². The van der Waals surface area contributed by atoms with Crippen molar-refractivity contribution in [2.45, 2.75) is 68.0 Å². The van der Waals surface area contributed by atoms with Crippen molar-refractivity contribution in [2.24, 2.45) is 5.73 Å². The zero-order valence-corrected chi connectivity index (χ0v) is 15.0. The first-order valence-electron chi connectivity index (χ1n) is 5.87. The van der Waals surface area contributed by atoms with Crippen LogP contribution in [0.5, 0.6) is 0 Å². The quantitative estimate of drug-likeness (QED) is 0.593. The molecule has 0 rings (SSSR count). The maximum atomic E-state index is 6.09. The van der Waals surface area contributed by atoms with E-state index >= 15 is 0 Å². The van der Waals surface area contributed by atoms with Crippen LogP contribution in [0.2, 0.25) is 8.87 Å². The van der Waals surface area contributed by atoms with Gasteiger partial charge in [0.1, 0.15) is 0 Å². The molecule has 2 N–H and O–H groups in total. The Balaban J connectivity index is 0. The fraction of sp³-hybridized carbons (Fsp3) is 1.00. The van der Waals surface area contributed by atoms with Crippen molar-refractivity contribution in [3.8, 4) is 0 Å². The van der Waals surface area contributed by atoms with Crippen LogP contribution in [0.4, 0.5) is 0 Å². The minimum Gasteiger partial charge on any atom is -1.00 e. The molecule has 0 fully saturated rings. The van der Waals surface area contributed by atoms with E-state index in [0.29, 0.717) is 12.1 Å². The number of halogens is 1. The zero-order valence-electron chi connectivity index (χ0n) is 10.6. The molecule has 15 heavy (non-hydrogen) atoms. The van der Waals surface area contributed by atoms with E-state index in [1.54, 1.807) is 0 Å². The standard InChI is InChI=1S/C5H12N.C4H9O.C2H5.BrH.Sn/c1-3-4-5(2)6;1-3-4(2)5;1-2;;/h5H,1,3-4,6H2,2H3;4H,3H2,1-2H3;1H2,2H3;1H;/q;-1;;;+2/p-1. The molecule has 0 aliphatic heterocycles. The number of nitrogens with two attached hydrogens (primary N) is 1. The van der Waals surface area contributed by atoms with E-state index in [0.717, 1.165) is 12.8 Å². The van der Waals surface area contributed by atoms with Gasteiger partial charge in [0.05, 0.1) is 0 Å². The molecule has 0 saturated heterocycles. The normalized spacial score (nSPS) is 14.2. The summed E-state index contributed by atoms with van der Waals surface area (Å²) < 4.78 is 8.75. The molecular weight excluding hydrogens is 361 g/mol. The van der Waals surface area contributed by atoms with E-state index in [4.69, 9.17) is 8.81 Å². The summed E-state index contributed by atoms with van der Waals surface area (Å²) in [5.41, 5.74) is 5.73. The van der Waals surface area contributed by atoms with Crippen LogP contribution in [-0.2, 0) is 3.07 Å². The van der Waals surface area contributed by atoms with Crippen LogP contribution < -0.4 is 22.7 Å². The second-order valence-electron chi connectivity index (χ2n) is 4.10. The fourth-order valence-electron chi connectivity index (χ4n) is 1.31. The molecule has 4 heteroatoms. The van der Waals surface area contributed by atoms with E-state index in [1.165, 1.54) is 15.3 Å². The second-order valence-corrected chi connectivity index (χ2v) is 11.3. The average molecular weight is 387 g/mol. The molecule has 0 aromatic carbocycles. The maximum absolute atomic E-state index is 6.09. The van der Waals surface area contributed by atoms with Gasteiger partial charge in [-0.2, -0.15) is 0 Å². The summed E-state index contributed by atoms with van der Waals surface area (Å²) in [5, 5.41) is 0. The van der Waals surface area contributed by atoms with Gasteiger partial charge in [0, 0.05) is 0 Å². The van der Waals surface area contributed by atoms with Crippen molar-refractivity contribution in [3.63, 3.8) is 0 Å². The van der Waals surface area contributed by atoms with Crippen molar-refractivity contribution < 1.29 is 20.1 Å². The third-order valence-electron chi connectivity index (χ3n) is 2.45. The van der Waals surface area contributed by atoms with Crippen molar-refractivity contribution in [2.75, 3.05) is 0 Å². The van der Waals surface area contributed by atoms with Gasteiger partial charge >= 0.3 is 97.0 Å². The molecule has 92 valence electrons. The molecule has 2 unspecified atom stereocenters. The molecule has 2 atom stereocenters. The van der Waals surface area contributed by atoms with Crippen LogP contribution >= 0.6 is 0 Å². The summed E-state index contributed by atoms with van der Waals surface area (Å²) >= 11 is -1.46. The maximum Gasteiger partial charge on any atom is -1.00 e. The monoisotopic (exact) mass is 387 g/mol. The summed E-state index contributed by atoms with van der Waals surface area (Å²) in [6, 6.07) is 0.361. The zero-order chi connectivity index (χ0) is 11.0. The van der Waals surface area contributed by atoms with Crippen molar-refractivity contribution in [1.82, 2.24) is 0 Å². The minimum atomic E-state index is -1.46. The Morgan fingerprint density at radius 2 is 1.87 bits per heavy atom.